The molecule has 88 valence electrons. The molecule has 1 saturated carbocycles. The highest BCUT2D eigenvalue weighted by atomic mass is 32.2. The van der Waals surface area contributed by atoms with Gasteiger partial charge in [-0.1, -0.05) is 0 Å². The first kappa shape index (κ1) is 11.5. The third kappa shape index (κ3) is 2.78. The summed E-state index contributed by atoms with van der Waals surface area (Å²) in [5.74, 6) is 1.68. The van der Waals surface area contributed by atoms with Crippen LogP contribution in [0.2, 0.25) is 0 Å². The topological polar surface area (TPSA) is 49.8 Å². The van der Waals surface area contributed by atoms with Gasteiger partial charge in [-0.2, -0.15) is 11.8 Å². The maximum Gasteiger partial charge on any atom is 0.147 e. The fourth-order valence-electron chi connectivity index (χ4n) is 2.05. The van der Waals surface area contributed by atoms with E-state index in [1.807, 2.05) is 18.8 Å². The number of anilines is 2. The summed E-state index contributed by atoms with van der Waals surface area (Å²) in [6.45, 7) is 0. The molecule has 2 N–H and O–H groups in total. The first-order valence-electron chi connectivity index (χ1n) is 5.61. The van der Waals surface area contributed by atoms with Crippen LogP contribution in [0, 0.1) is 0 Å². The summed E-state index contributed by atoms with van der Waals surface area (Å²) in [6, 6.07) is 0.554. The lowest BCUT2D eigenvalue weighted by Gasteiger charge is -2.13. The molecule has 1 aromatic heterocycles. The molecule has 1 fully saturated rings. The van der Waals surface area contributed by atoms with Crippen LogP contribution in [-0.4, -0.2) is 34.6 Å². The highest BCUT2D eigenvalue weighted by Gasteiger charge is 2.23. The van der Waals surface area contributed by atoms with Crippen molar-refractivity contribution in [2.75, 3.05) is 23.9 Å². The van der Waals surface area contributed by atoms with Crippen molar-refractivity contribution in [1.82, 2.24) is 9.97 Å². The van der Waals surface area contributed by atoms with Crippen molar-refractivity contribution in [3.05, 3.63) is 12.4 Å². The summed E-state index contributed by atoms with van der Waals surface area (Å²) in [6.07, 6.45) is 9.47. The molecule has 1 aliphatic rings. The molecule has 5 heteroatoms. The fourth-order valence-corrected chi connectivity index (χ4v) is 2.85. The summed E-state index contributed by atoms with van der Waals surface area (Å²) in [4.78, 5) is 8.56. The first-order valence-corrected chi connectivity index (χ1v) is 6.89. The van der Waals surface area contributed by atoms with Crippen LogP contribution in [0.5, 0.6) is 0 Å². The van der Waals surface area contributed by atoms with Gasteiger partial charge in [0.25, 0.3) is 0 Å². The first-order chi connectivity index (χ1) is 7.81. The van der Waals surface area contributed by atoms with Gasteiger partial charge in [0.2, 0.25) is 0 Å². The lowest BCUT2D eigenvalue weighted by Crippen LogP contribution is -2.17. The molecule has 0 aliphatic heterocycles. The molecule has 0 aromatic carbocycles. The molecular formula is C11H18N4S. The maximum atomic E-state index is 4.41. The number of thioether (sulfide) groups is 1. The van der Waals surface area contributed by atoms with Gasteiger partial charge in [-0.3, -0.25) is 4.98 Å². The Morgan fingerprint density at radius 3 is 2.81 bits per heavy atom. The van der Waals surface area contributed by atoms with Crippen molar-refractivity contribution in [1.29, 1.82) is 0 Å². The molecule has 1 aliphatic carbocycles. The Kier molecular flexibility index (Phi) is 3.88. The third-order valence-corrected chi connectivity index (χ3v) is 4.06. The summed E-state index contributed by atoms with van der Waals surface area (Å²) >= 11 is 1.97. The molecule has 2 rings (SSSR count). The minimum Gasteiger partial charge on any atom is -0.372 e. The second-order valence-corrected chi connectivity index (χ2v) is 5.19. The standard InChI is InChI=1S/C11H18N4S/c1-12-10-6-13-7-11(15-10)14-8-3-4-9(5-8)16-2/h6-9H,3-5H2,1-2H3,(H2,12,14,15). The number of hydrogen-bond acceptors (Lipinski definition) is 5. The highest BCUT2D eigenvalue weighted by Crippen LogP contribution is 2.29. The molecule has 4 nitrogen and oxygen atoms in total. The van der Waals surface area contributed by atoms with Crippen molar-refractivity contribution in [3.8, 4) is 0 Å². The van der Waals surface area contributed by atoms with E-state index in [1.165, 1.54) is 19.3 Å². The summed E-state index contributed by atoms with van der Waals surface area (Å²) in [7, 11) is 1.85. The Labute approximate surface area is 101 Å². The zero-order valence-electron chi connectivity index (χ0n) is 9.73. The molecule has 0 spiro atoms. The van der Waals surface area contributed by atoms with E-state index in [0.717, 1.165) is 16.9 Å². The molecule has 0 radical (unpaired) electrons. The molecule has 0 bridgehead atoms. The Morgan fingerprint density at radius 1 is 1.31 bits per heavy atom. The van der Waals surface area contributed by atoms with E-state index in [-0.39, 0.29) is 0 Å². The average molecular weight is 238 g/mol. The smallest absolute Gasteiger partial charge is 0.147 e. The van der Waals surface area contributed by atoms with E-state index in [0.29, 0.717) is 6.04 Å². The van der Waals surface area contributed by atoms with Crippen LogP contribution >= 0.6 is 11.8 Å². The van der Waals surface area contributed by atoms with Crippen LogP contribution in [0.4, 0.5) is 11.6 Å². The monoisotopic (exact) mass is 238 g/mol. The zero-order chi connectivity index (χ0) is 11.4. The molecule has 16 heavy (non-hydrogen) atoms. The Balaban J connectivity index is 1.94. The van der Waals surface area contributed by atoms with Crippen LogP contribution < -0.4 is 10.6 Å². The largest absolute Gasteiger partial charge is 0.372 e. The van der Waals surface area contributed by atoms with Gasteiger partial charge in [-0.05, 0) is 25.5 Å². The van der Waals surface area contributed by atoms with E-state index in [4.69, 9.17) is 0 Å². The quantitative estimate of drug-likeness (QED) is 0.842. The Bertz CT molecular complexity index is 345. The molecule has 1 heterocycles. The zero-order valence-corrected chi connectivity index (χ0v) is 10.5. The Hall–Kier alpha value is -0.970. The number of aromatic nitrogens is 2. The van der Waals surface area contributed by atoms with Crippen molar-refractivity contribution in [2.24, 2.45) is 0 Å². The normalized spacial score (nSPS) is 24.4. The molecular weight excluding hydrogens is 220 g/mol. The van der Waals surface area contributed by atoms with Crippen LogP contribution in [0.3, 0.4) is 0 Å². The number of hydrogen-bond donors (Lipinski definition) is 2. The van der Waals surface area contributed by atoms with Crippen molar-refractivity contribution in [3.63, 3.8) is 0 Å². The minimum atomic E-state index is 0.554. The maximum absolute atomic E-state index is 4.41. The van der Waals surface area contributed by atoms with Gasteiger partial charge < -0.3 is 10.6 Å². The second-order valence-electron chi connectivity index (χ2n) is 4.05. The van der Waals surface area contributed by atoms with E-state index >= 15 is 0 Å². The molecule has 0 amide bonds. The Morgan fingerprint density at radius 2 is 2.12 bits per heavy atom. The van der Waals surface area contributed by atoms with Gasteiger partial charge in [0.1, 0.15) is 11.6 Å². The van der Waals surface area contributed by atoms with E-state index < -0.39 is 0 Å². The van der Waals surface area contributed by atoms with Gasteiger partial charge in [0, 0.05) is 18.3 Å². The number of nitrogens with zero attached hydrogens (tertiary/aromatic N) is 2. The van der Waals surface area contributed by atoms with E-state index in [9.17, 15) is 0 Å². The summed E-state index contributed by atoms with van der Waals surface area (Å²) in [5.41, 5.74) is 0. The van der Waals surface area contributed by atoms with Crippen molar-refractivity contribution < 1.29 is 0 Å². The summed E-state index contributed by atoms with van der Waals surface area (Å²) < 4.78 is 0. The molecule has 0 saturated heterocycles. The van der Waals surface area contributed by atoms with Crippen LogP contribution in [-0.2, 0) is 0 Å². The van der Waals surface area contributed by atoms with Crippen molar-refractivity contribution in [2.45, 2.75) is 30.6 Å². The predicted octanol–water partition coefficient (Wildman–Crippen LogP) is 2.21. The van der Waals surface area contributed by atoms with Crippen molar-refractivity contribution >= 4 is 23.4 Å². The molecule has 1 aromatic rings. The van der Waals surface area contributed by atoms with Crippen LogP contribution in [0.15, 0.2) is 12.4 Å². The van der Waals surface area contributed by atoms with Crippen LogP contribution in [0.25, 0.3) is 0 Å². The third-order valence-electron chi connectivity index (χ3n) is 2.96. The predicted molar refractivity (Wildman–Crippen MR) is 70.1 cm³/mol. The number of nitrogens with one attached hydrogen (secondary N) is 2. The highest BCUT2D eigenvalue weighted by molar-refractivity contribution is 7.99. The lowest BCUT2D eigenvalue weighted by molar-refractivity contribution is 0.751. The van der Waals surface area contributed by atoms with Gasteiger partial charge in [0.05, 0.1) is 12.4 Å². The fraction of sp³-hybridized carbons (Fsp3) is 0.636. The molecule has 2 atom stereocenters. The molecule has 2 unspecified atom stereocenters. The summed E-state index contributed by atoms with van der Waals surface area (Å²) in [5, 5.41) is 7.25. The SMILES string of the molecule is CNc1cncc(NC2CCC(SC)C2)n1. The average Bonchev–Trinajstić information content (AvgIpc) is 2.77. The van der Waals surface area contributed by atoms with Crippen LogP contribution in [0.1, 0.15) is 19.3 Å². The van der Waals surface area contributed by atoms with E-state index in [2.05, 4.69) is 26.9 Å². The van der Waals surface area contributed by atoms with E-state index in [1.54, 1.807) is 12.4 Å². The minimum absolute atomic E-state index is 0.554. The second kappa shape index (κ2) is 5.39. The lowest BCUT2D eigenvalue weighted by atomic mass is 10.2. The number of rotatable bonds is 4. The van der Waals surface area contributed by atoms with Gasteiger partial charge >= 0.3 is 0 Å². The van der Waals surface area contributed by atoms with Gasteiger partial charge in [-0.15, -0.1) is 0 Å². The van der Waals surface area contributed by atoms with Gasteiger partial charge in [-0.25, -0.2) is 4.98 Å². The van der Waals surface area contributed by atoms with Gasteiger partial charge in [0.15, 0.2) is 0 Å².